The first kappa shape index (κ1) is 18.5. The third-order valence-electron chi connectivity index (χ3n) is 0.940. The van der Waals surface area contributed by atoms with Crippen LogP contribution in [0.5, 0.6) is 0 Å². The molecule has 80 valence electrons. The molecule has 0 spiro atoms. The van der Waals surface area contributed by atoms with Crippen LogP contribution in [-0.2, 0) is 0 Å². The van der Waals surface area contributed by atoms with Crippen LogP contribution in [0.1, 0.15) is 47.1 Å². The number of hydrogen-bond acceptors (Lipinski definition) is 0. The number of terminal acetylenes is 1. The van der Waals surface area contributed by atoms with Gasteiger partial charge >= 0.3 is 0 Å². The summed E-state index contributed by atoms with van der Waals surface area (Å²) in [5, 5.41) is 0. The van der Waals surface area contributed by atoms with Crippen LogP contribution in [-0.4, -0.2) is 0 Å². The molecule has 0 heterocycles. The van der Waals surface area contributed by atoms with E-state index >= 15 is 0 Å². The summed E-state index contributed by atoms with van der Waals surface area (Å²) in [7, 11) is 0. The van der Waals surface area contributed by atoms with E-state index in [1.165, 1.54) is 0 Å². The quantitative estimate of drug-likeness (QED) is 0.520. The molecule has 0 atom stereocenters. The Balaban J connectivity index is -0.000000174. The van der Waals surface area contributed by atoms with E-state index in [2.05, 4.69) is 5.92 Å². The van der Waals surface area contributed by atoms with Crippen molar-refractivity contribution in [3.05, 3.63) is 35.9 Å². The van der Waals surface area contributed by atoms with Gasteiger partial charge in [0, 0.05) is 5.56 Å². The Kier molecular flexibility index (Phi) is 30.0. The highest BCUT2D eigenvalue weighted by Crippen LogP contribution is 1.92. The van der Waals surface area contributed by atoms with E-state index in [1.807, 2.05) is 71.9 Å². The van der Waals surface area contributed by atoms with Crippen molar-refractivity contribution >= 4 is 0 Å². The van der Waals surface area contributed by atoms with Crippen LogP contribution in [0.15, 0.2) is 30.3 Å². The maximum absolute atomic E-state index is 5.10. The summed E-state index contributed by atoms with van der Waals surface area (Å²) < 4.78 is 0. The standard InChI is InChI=1S/C8H6.3C2H6/c1-2-8-6-4-3-5-7-8;3*1-2/h1,3-7H;3*1-2H3. The van der Waals surface area contributed by atoms with Crippen molar-refractivity contribution in [1.29, 1.82) is 0 Å². The summed E-state index contributed by atoms with van der Waals surface area (Å²) in [4.78, 5) is 0. The molecule has 0 aliphatic heterocycles. The van der Waals surface area contributed by atoms with Gasteiger partial charge < -0.3 is 0 Å². The van der Waals surface area contributed by atoms with E-state index in [4.69, 9.17) is 6.42 Å². The van der Waals surface area contributed by atoms with Gasteiger partial charge in [0.1, 0.15) is 0 Å². The Morgan fingerprint density at radius 2 is 1.14 bits per heavy atom. The predicted molar refractivity (Wildman–Crippen MR) is 68.4 cm³/mol. The van der Waals surface area contributed by atoms with E-state index in [1.54, 1.807) is 0 Å². The van der Waals surface area contributed by atoms with Crippen molar-refractivity contribution in [1.82, 2.24) is 0 Å². The monoisotopic (exact) mass is 192 g/mol. The van der Waals surface area contributed by atoms with Gasteiger partial charge in [0.15, 0.2) is 0 Å². The van der Waals surface area contributed by atoms with Crippen LogP contribution >= 0.6 is 0 Å². The molecule has 14 heavy (non-hydrogen) atoms. The van der Waals surface area contributed by atoms with Crippen LogP contribution in [0.25, 0.3) is 0 Å². The molecular weight excluding hydrogens is 168 g/mol. The molecule has 0 saturated heterocycles. The summed E-state index contributed by atoms with van der Waals surface area (Å²) >= 11 is 0. The second-order valence-corrected chi connectivity index (χ2v) is 1.51. The predicted octanol–water partition coefficient (Wildman–Crippen LogP) is 4.75. The summed E-state index contributed by atoms with van der Waals surface area (Å²) in [6, 6.07) is 9.60. The third kappa shape index (κ3) is 13.4. The maximum atomic E-state index is 5.10. The highest BCUT2D eigenvalue weighted by Gasteiger charge is 1.76. The van der Waals surface area contributed by atoms with Crippen LogP contribution in [0, 0.1) is 12.3 Å². The summed E-state index contributed by atoms with van der Waals surface area (Å²) in [5.41, 5.74) is 0.938. The average molecular weight is 192 g/mol. The fraction of sp³-hybridized carbons (Fsp3) is 0.429. The Morgan fingerprint density at radius 3 is 1.36 bits per heavy atom. The number of hydrogen-bond donors (Lipinski definition) is 0. The normalized spacial score (nSPS) is 5.79. The van der Waals surface area contributed by atoms with E-state index in [9.17, 15) is 0 Å². The fourth-order valence-electron chi connectivity index (χ4n) is 0.534. The zero-order valence-corrected chi connectivity index (χ0v) is 10.5. The Labute approximate surface area is 90.4 Å². The van der Waals surface area contributed by atoms with E-state index < -0.39 is 0 Å². The number of rotatable bonds is 0. The van der Waals surface area contributed by atoms with Gasteiger partial charge in [-0.15, -0.1) is 6.42 Å². The largest absolute Gasteiger partial charge is 0.115 e. The minimum Gasteiger partial charge on any atom is -0.115 e. The van der Waals surface area contributed by atoms with Crippen molar-refractivity contribution < 1.29 is 0 Å². The molecule has 0 N–H and O–H groups in total. The molecule has 0 nitrogen and oxygen atoms in total. The molecule has 0 bridgehead atoms. The smallest absolute Gasteiger partial charge is 0.0242 e. The molecule has 1 aromatic rings. The zero-order valence-electron chi connectivity index (χ0n) is 10.5. The first-order valence-corrected chi connectivity index (χ1v) is 5.45. The van der Waals surface area contributed by atoms with Crippen LogP contribution in [0.4, 0.5) is 0 Å². The lowest BCUT2D eigenvalue weighted by atomic mass is 10.2. The minimum atomic E-state index is 0.938. The molecule has 0 unspecified atom stereocenters. The van der Waals surface area contributed by atoms with Gasteiger partial charge in [-0.1, -0.05) is 65.7 Å². The average Bonchev–Trinajstić information content (AvgIpc) is 2.37. The van der Waals surface area contributed by atoms with Crippen LogP contribution < -0.4 is 0 Å². The Bertz CT molecular complexity index is 191. The van der Waals surface area contributed by atoms with Crippen LogP contribution in [0.3, 0.4) is 0 Å². The second kappa shape index (κ2) is 22.6. The summed E-state index contributed by atoms with van der Waals surface area (Å²) in [6.07, 6.45) is 5.10. The van der Waals surface area contributed by atoms with Gasteiger partial charge in [0.05, 0.1) is 0 Å². The van der Waals surface area contributed by atoms with E-state index in [-0.39, 0.29) is 0 Å². The zero-order chi connectivity index (χ0) is 11.8. The van der Waals surface area contributed by atoms with Gasteiger partial charge in [-0.2, -0.15) is 0 Å². The van der Waals surface area contributed by atoms with Gasteiger partial charge in [0.2, 0.25) is 0 Å². The fourth-order valence-corrected chi connectivity index (χ4v) is 0.534. The summed E-state index contributed by atoms with van der Waals surface area (Å²) in [6.45, 7) is 12.0. The molecule has 0 amide bonds. The van der Waals surface area contributed by atoms with Gasteiger partial charge in [-0.25, -0.2) is 0 Å². The highest BCUT2D eigenvalue weighted by atomic mass is 13.8. The third-order valence-corrected chi connectivity index (χ3v) is 0.940. The molecule has 0 saturated carbocycles. The SMILES string of the molecule is C#Cc1ccccc1.CC.CC.CC. The molecular formula is C14H24. The molecule has 0 fully saturated rings. The molecule has 0 radical (unpaired) electrons. The lowest BCUT2D eigenvalue weighted by molar-refractivity contribution is 1.50. The lowest BCUT2D eigenvalue weighted by Crippen LogP contribution is -1.66. The lowest BCUT2D eigenvalue weighted by Gasteiger charge is -1.82. The van der Waals surface area contributed by atoms with Crippen molar-refractivity contribution in [3.63, 3.8) is 0 Å². The molecule has 0 aromatic heterocycles. The van der Waals surface area contributed by atoms with Crippen molar-refractivity contribution in [3.8, 4) is 12.3 Å². The molecule has 1 aromatic carbocycles. The topological polar surface area (TPSA) is 0 Å². The summed E-state index contributed by atoms with van der Waals surface area (Å²) in [5.74, 6) is 2.53. The van der Waals surface area contributed by atoms with Crippen molar-refractivity contribution in [2.45, 2.75) is 41.5 Å². The van der Waals surface area contributed by atoms with E-state index in [0.29, 0.717) is 0 Å². The Hall–Kier alpha value is -1.22. The molecule has 0 aliphatic rings. The first-order valence-electron chi connectivity index (χ1n) is 5.45. The molecule has 1 rings (SSSR count). The Morgan fingerprint density at radius 1 is 0.786 bits per heavy atom. The maximum Gasteiger partial charge on any atom is 0.0242 e. The van der Waals surface area contributed by atoms with E-state index in [0.717, 1.165) is 5.56 Å². The second-order valence-electron chi connectivity index (χ2n) is 1.51. The highest BCUT2D eigenvalue weighted by molar-refractivity contribution is 5.30. The van der Waals surface area contributed by atoms with Gasteiger partial charge in [-0.05, 0) is 12.1 Å². The van der Waals surface area contributed by atoms with Gasteiger partial charge in [0.25, 0.3) is 0 Å². The number of benzene rings is 1. The van der Waals surface area contributed by atoms with Crippen LogP contribution in [0.2, 0.25) is 0 Å². The van der Waals surface area contributed by atoms with Crippen molar-refractivity contribution in [2.75, 3.05) is 0 Å². The minimum absolute atomic E-state index is 0.938. The molecule has 0 aliphatic carbocycles. The molecule has 0 heteroatoms. The van der Waals surface area contributed by atoms with Crippen molar-refractivity contribution in [2.24, 2.45) is 0 Å². The van der Waals surface area contributed by atoms with Gasteiger partial charge in [-0.3, -0.25) is 0 Å². The first-order chi connectivity index (χ1) is 6.93.